The predicted molar refractivity (Wildman–Crippen MR) is 106 cm³/mol. The molecule has 2 atom stereocenters. The van der Waals surface area contributed by atoms with E-state index in [0.717, 1.165) is 23.4 Å². The maximum Gasteiger partial charge on any atom is 0.309 e. The monoisotopic (exact) mass is 375 g/mol. The van der Waals surface area contributed by atoms with E-state index in [1.165, 1.54) is 0 Å². The molecule has 6 nitrogen and oxygen atoms in total. The third-order valence-corrected chi connectivity index (χ3v) is 4.80. The zero-order valence-corrected chi connectivity index (χ0v) is 15.5. The van der Waals surface area contributed by atoms with Crippen molar-refractivity contribution in [2.24, 2.45) is 11.8 Å². The maximum atomic E-state index is 12.3. The van der Waals surface area contributed by atoms with Crippen molar-refractivity contribution in [3.63, 3.8) is 0 Å². The molecule has 3 aromatic rings. The van der Waals surface area contributed by atoms with Gasteiger partial charge in [-0.15, -0.1) is 0 Å². The first kappa shape index (κ1) is 18.0. The Labute approximate surface area is 163 Å². The number of rotatable bonds is 6. The van der Waals surface area contributed by atoms with Crippen molar-refractivity contribution in [3.8, 4) is 16.9 Å². The molecule has 0 saturated heterocycles. The second kappa shape index (κ2) is 7.68. The van der Waals surface area contributed by atoms with Crippen molar-refractivity contribution in [1.29, 1.82) is 0 Å². The Morgan fingerprint density at radius 3 is 2.39 bits per heavy atom. The summed E-state index contributed by atoms with van der Waals surface area (Å²) < 4.78 is 6.80. The summed E-state index contributed by atoms with van der Waals surface area (Å²) in [6.45, 7) is 1.69. The van der Waals surface area contributed by atoms with E-state index in [1.807, 2.05) is 73.7 Å². The van der Waals surface area contributed by atoms with Crippen molar-refractivity contribution in [2.75, 3.05) is 11.9 Å². The van der Waals surface area contributed by atoms with Gasteiger partial charge in [0.15, 0.2) is 6.61 Å². The molecule has 1 saturated carbocycles. The number of carbonyl (C=O) groups is 2. The summed E-state index contributed by atoms with van der Waals surface area (Å²) in [5.74, 6) is 0.115. The van der Waals surface area contributed by atoms with E-state index in [9.17, 15) is 9.59 Å². The normalized spacial score (nSPS) is 17.8. The van der Waals surface area contributed by atoms with E-state index >= 15 is 0 Å². The Hall–Kier alpha value is -3.41. The molecule has 6 heteroatoms. The van der Waals surface area contributed by atoms with Gasteiger partial charge in [-0.05, 0) is 24.5 Å². The summed E-state index contributed by atoms with van der Waals surface area (Å²) in [5, 5.41) is 7.45. The highest BCUT2D eigenvalue weighted by molar-refractivity contribution is 5.93. The van der Waals surface area contributed by atoms with Gasteiger partial charge >= 0.3 is 5.97 Å². The lowest BCUT2D eigenvalue weighted by atomic mass is 10.2. The fourth-order valence-electron chi connectivity index (χ4n) is 3.06. The molecular weight excluding hydrogens is 354 g/mol. The molecule has 0 bridgehead atoms. The lowest BCUT2D eigenvalue weighted by Crippen LogP contribution is -2.23. The first-order valence-corrected chi connectivity index (χ1v) is 9.29. The van der Waals surface area contributed by atoms with E-state index in [2.05, 4.69) is 10.4 Å². The van der Waals surface area contributed by atoms with Crippen molar-refractivity contribution < 1.29 is 14.3 Å². The third-order valence-electron chi connectivity index (χ3n) is 4.80. The van der Waals surface area contributed by atoms with Crippen LogP contribution in [0, 0.1) is 11.8 Å². The van der Waals surface area contributed by atoms with E-state index in [0.29, 0.717) is 11.7 Å². The number of para-hydroxylation sites is 1. The van der Waals surface area contributed by atoms with E-state index in [-0.39, 0.29) is 18.5 Å². The highest BCUT2D eigenvalue weighted by atomic mass is 16.5. The number of nitrogens with zero attached hydrogens (tertiary/aromatic N) is 2. The second-order valence-electron chi connectivity index (χ2n) is 7.00. The van der Waals surface area contributed by atoms with Crippen LogP contribution in [0.2, 0.25) is 0 Å². The third kappa shape index (κ3) is 3.96. The summed E-state index contributed by atoms with van der Waals surface area (Å²) in [4.78, 5) is 24.2. The Bertz CT molecular complexity index is 983. The summed E-state index contributed by atoms with van der Waals surface area (Å²) >= 11 is 0. The minimum absolute atomic E-state index is 0.0627. The summed E-state index contributed by atoms with van der Waals surface area (Å²) in [5.41, 5.74) is 2.51. The van der Waals surface area contributed by atoms with Crippen molar-refractivity contribution in [2.45, 2.75) is 13.3 Å². The molecule has 1 amide bonds. The number of hydrogen-bond acceptors (Lipinski definition) is 4. The number of amides is 1. The van der Waals surface area contributed by atoms with E-state index in [1.54, 1.807) is 4.68 Å². The van der Waals surface area contributed by atoms with Crippen LogP contribution in [0.15, 0.2) is 66.7 Å². The Kier molecular flexibility index (Phi) is 4.93. The minimum Gasteiger partial charge on any atom is -0.455 e. The molecule has 142 valence electrons. The minimum atomic E-state index is -0.390. The van der Waals surface area contributed by atoms with Crippen molar-refractivity contribution in [1.82, 2.24) is 9.78 Å². The predicted octanol–water partition coefficient (Wildman–Crippen LogP) is 3.68. The van der Waals surface area contributed by atoms with Crippen LogP contribution in [0.25, 0.3) is 16.9 Å². The summed E-state index contributed by atoms with van der Waals surface area (Å²) in [6, 6.07) is 21.1. The summed E-state index contributed by atoms with van der Waals surface area (Å²) in [7, 11) is 0. The number of nitrogens with one attached hydrogen (secondary N) is 1. The maximum absolute atomic E-state index is 12.3. The number of aromatic nitrogens is 2. The van der Waals surface area contributed by atoms with Gasteiger partial charge in [0.25, 0.3) is 5.91 Å². The lowest BCUT2D eigenvalue weighted by Gasteiger charge is -2.09. The van der Waals surface area contributed by atoms with Crippen LogP contribution in [0.3, 0.4) is 0 Å². The van der Waals surface area contributed by atoms with Gasteiger partial charge < -0.3 is 10.1 Å². The molecule has 0 aliphatic heterocycles. The molecule has 1 aliphatic carbocycles. The SMILES string of the molecule is C[C@@H]1C[C@@H]1C(=O)OCC(=O)Nc1cc(-c2ccccc2)nn1-c1ccccc1. The van der Waals surface area contributed by atoms with Gasteiger partial charge in [-0.1, -0.05) is 55.5 Å². The molecule has 1 aliphatic rings. The highest BCUT2D eigenvalue weighted by Crippen LogP contribution is 2.38. The van der Waals surface area contributed by atoms with Crippen LogP contribution in [-0.2, 0) is 14.3 Å². The van der Waals surface area contributed by atoms with Crippen LogP contribution in [0.1, 0.15) is 13.3 Å². The molecular formula is C22H21N3O3. The molecule has 0 unspecified atom stereocenters. The van der Waals surface area contributed by atoms with E-state index in [4.69, 9.17) is 4.74 Å². The highest BCUT2D eigenvalue weighted by Gasteiger charge is 2.40. The molecule has 4 rings (SSSR count). The number of ether oxygens (including phenoxy) is 1. The molecule has 28 heavy (non-hydrogen) atoms. The summed E-state index contributed by atoms with van der Waals surface area (Å²) in [6.07, 6.45) is 0.835. The lowest BCUT2D eigenvalue weighted by molar-refractivity contribution is -0.148. The number of benzene rings is 2. The van der Waals surface area contributed by atoms with Gasteiger partial charge in [0.05, 0.1) is 17.3 Å². The number of hydrogen-bond donors (Lipinski definition) is 1. The molecule has 0 radical (unpaired) electrons. The van der Waals surface area contributed by atoms with Crippen LogP contribution in [-0.4, -0.2) is 28.3 Å². The average molecular weight is 375 g/mol. The van der Waals surface area contributed by atoms with Gasteiger partial charge in [0, 0.05) is 11.6 Å². The van der Waals surface area contributed by atoms with Crippen LogP contribution in [0.4, 0.5) is 5.82 Å². The molecule has 2 aromatic carbocycles. The number of carbonyl (C=O) groups excluding carboxylic acids is 2. The van der Waals surface area contributed by atoms with Crippen LogP contribution in [0.5, 0.6) is 0 Å². The van der Waals surface area contributed by atoms with E-state index < -0.39 is 5.91 Å². The number of anilines is 1. The van der Waals surface area contributed by atoms with Crippen LogP contribution >= 0.6 is 0 Å². The first-order valence-electron chi connectivity index (χ1n) is 9.29. The van der Waals surface area contributed by atoms with Crippen molar-refractivity contribution in [3.05, 3.63) is 66.7 Å². The van der Waals surface area contributed by atoms with Crippen molar-refractivity contribution >= 4 is 17.7 Å². The average Bonchev–Trinajstić information content (AvgIpc) is 3.32. The van der Waals surface area contributed by atoms with Gasteiger partial charge in [-0.3, -0.25) is 9.59 Å². The van der Waals surface area contributed by atoms with Gasteiger partial charge in [-0.2, -0.15) is 5.10 Å². The Balaban J connectivity index is 1.54. The van der Waals surface area contributed by atoms with Gasteiger partial charge in [0.1, 0.15) is 5.82 Å². The second-order valence-corrected chi connectivity index (χ2v) is 7.00. The first-order chi connectivity index (χ1) is 13.6. The molecule has 1 heterocycles. The largest absolute Gasteiger partial charge is 0.455 e. The zero-order chi connectivity index (χ0) is 19.5. The Morgan fingerprint density at radius 1 is 1.11 bits per heavy atom. The topological polar surface area (TPSA) is 73.2 Å². The molecule has 1 N–H and O–H groups in total. The quantitative estimate of drug-likeness (QED) is 0.667. The molecule has 1 fully saturated rings. The fourth-order valence-corrected chi connectivity index (χ4v) is 3.06. The molecule has 0 spiro atoms. The number of esters is 1. The zero-order valence-electron chi connectivity index (χ0n) is 15.5. The van der Waals surface area contributed by atoms with Gasteiger partial charge in [-0.25, -0.2) is 4.68 Å². The standard InChI is InChI=1S/C22H21N3O3/c1-15-12-18(15)22(27)28-14-21(26)23-20-13-19(16-8-4-2-5-9-16)24-25(20)17-10-6-3-7-11-17/h2-11,13,15,18H,12,14H2,1H3,(H,23,26)/t15-,18+/m1/s1. The van der Waals surface area contributed by atoms with Gasteiger partial charge in [0.2, 0.25) is 0 Å². The Morgan fingerprint density at radius 2 is 1.75 bits per heavy atom. The fraction of sp³-hybridized carbons (Fsp3) is 0.227. The van der Waals surface area contributed by atoms with Crippen LogP contribution < -0.4 is 5.32 Å². The smallest absolute Gasteiger partial charge is 0.309 e. The molecule has 1 aromatic heterocycles.